The summed E-state index contributed by atoms with van der Waals surface area (Å²) in [6, 6.07) is 4.48. The molecule has 2 saturated heterocycles. The SMILES string of the molecule is CCc1ccc([C@@H]2CCOC2)c(N2CCN(C)CC2)n1. The highest BCUT2D eigenvalue weighted by Gasteiger charge is 2.25. The summed E-state index contributed by atoms with van der Waals surface area (Å²) in [5, 5.41) is 0. The number of ether oxygens (including phenoxy) is 1. The molecule has 0 aromatic carbocycles. The molecule has 4 nitrogen and oxygen atoms in total. The predicted molar refractivity (Wildman–Crippen MR) is 81.5 cm³/mol. The van der Waals surface area contributed by atoms with Crippen molar-refractivity contribution in [2.45, 2.75) is 25.7 Å². The van der Waals surface area contributed by atoms with Crippen LogP contribution in [0.5, 0.6) is 0 Å². The Kier molecular flexibility index (Phi) is 4.22. The highest BCUT2D eigenvalue weighted by Crippen LogP contribution is 2.32. The second-order valence-electron chi connectivity index (χ2n) is 5.92. The minimum absolute atomic E-state index is 0.531. The van der Waals surface area contributed by atoms with Gasteiger partial charge in [-0.25, -0.2) is 4.98 Å². The second kappa shape index (κ2) is 6.10. The van der Waals surface area contributed by atoms with Crippen LogP contribution in [0, 0.1) is 0 Å². The Hall–Kier alpha value is -1.13. The second-order valence-corrected chi connectivity index (χ2v) is 5.92. The van der Waals surface area contributed by atoms with Crippen molar-refractivity contribution in [1.29, 1.82) is 0 Å². The lowest BCUT2D eigenvalue weighted by atomic mass is 9.98. The van der Waals surface area contributed by atoms with E-state index in [-0.39, 0.29) is 0 Å². The molecule has 1 aromatic rings. The molecule has 0 saturated carbocycles. The van der Waals surface area contributed by atoms with Crippen molar-refractivity contribution in [3.8, 4) is 0 Å². The van der Waals surface area contributed by atoms with Gasteiger partial charge in [-0.05, 0) is 26.0 Å². The number of hydrogen-bond donors (Lipinski definition) is 0. The van der Waals surface area contributed by atoms with Gasteiger partial charge in [-0.3, -0.25) is 0 Å². The molecule has 2 aliphatic heterocycles. The van der Waals surface area contributed by atoms with E-state index in [0.29, 0.717) is 5.92 Å². The van der Waals surface area contributed by atoms with Crippen LogP contribution >= 0.6 is 0 Å². The van der Waals surface area contributed by atoms with Crippen molar-refractivity contribution in [3.05, 3.63) is 23.4 Å². The van der Waals surface area contributed by atoms with Gasteiger partial charge in [0.15, 0.2) is 0 Å². The van der Waals surface area contributed by atoms with Crippen LogP contribution < -0.4 is 4.90 Å². The Morgan fingerprint density at radius 3 is 2.70 bits per heavy atom. The van der Waals surface area contributed by atoms with Gasteiger partial charge in [0.05, 0.1) is 6.61 Å². The summed E-state index contributed by atoms with van der Waals surface area (Å²) >= 11 is 0. The summed E-state index contributed by atoms with van der Waals surface area (Å²) in [5.74, 6) is 1.75. The first-order valence-corrected chi connectivity index (χ1v) is 7.79. The lowest BCUT2D eigenvalue weighted by Crippen LogP contribution is -2.45. The Morgan fingerprint density at radius 2 is 2.05 bits per heavy atom. The molecule has 110 valence electrons. The van der Waals surface area contributed by atoms with E-state index in [9.17, 15) is 0 Å². The molecule has 20 heavy (non-hydrogen) atoms. The average molecular weight is 275 g/mol. The Labute approximate surface area is 121 Å². The van der Waals surface area contributed by atoms with E-state index in [2.05, 4.69) is 35.9 Å². The number of piperazine rings is 1. The standard InChI is InChI=1S/C16H25N3O/c1-3-14-4-5-15(13-6-11-20-12-13)16(17-14)19-9-7-18(2)8-10-19/h4-5,13H,3,6-12H2,1-2H3/t13-/m1/s1. The number of pyridine rings is 1. The van der Waals surface area contributed by atoms with E-state index < -0.39 is 0 Å². The van der Waals surface area contributed by atoms with Crippen molar-refractivity contribution in [1.82, 2.24) is 9.88 Å². The number of aryl methyl sites for hydroxylation is 1. The van der Waals surface area contributed by atoms with Crippen LogP contribution in [0.2, 0.25) is 0 Å². The Balaban J connectivity index is 1.89. The first-order chi connectivity index (χ1) is 9.78. The summed E-state index contributed by atoms with van der Waals surface area (Å²) < 4.78 is 5.57. The maximum atomic E-state index is 5.57. The smallest absolute Gasteiger partial charge is 0.132 e. The summed E-state index contributed by atoms with van der Waals surface area (Å²) in [5.41, 5.74) is 2.59. The summed E-state index contributed by atoms with van der Waals surface area (Å²) in [6.45, 7) is 8.33. The number of aromatic nitrogens is 1. The lowest BCUT2D eigenvalue weighted by Gasteiger charge is -2.35. The fourth-order valence-corrected chi connectivity index (χ4v) is 3.07. The van der Waals surface area contributed by atoms with Gasteiger partial charge in [-0.15, -0.1) is 0 Å². The van der Waals surface area contributed by atoms with Crippen LogP contribution in [-0.4, -0.2) is 56.3 Å². The van der Waals surface area contributed by atoms with Gasteiger partial charge in [0.1, 0.15) is 5.82 Å². The van der Waals surface area contributed by atoms with E-state index >= 15 is 0 Å². The number of nitrogens with zero attached hydrogens (tertiary/aromatic N) is 3. The van der Waals surface area contributed by atoms with Gasteiger partial charge >= 0.3 is 0 Å². The molecule has 0 N–H and O–H groups in total. The molecular weight excluding hydrogens is 250 g/mol. The number of rotatable bonds is 3. The molecule has 0 spiro atoms. The summed E-state index contributed by atoms with van der Waals surface area (Å²) in [6.07, 6.45) is 2.14. The average Bonchev–Trinajstić information content (AvgIpc) is 3.01. The third kappa shape index (κ3) is 2.81. The van der Waals surface area contributed by atoms with Crippen LogP contribution in [0.25, 0.3) is 0 Å². The van der Waals surface area contributed by atoms with Crippen molar-refractivity contribution < 1.29 is 4.74 Å². The molecule has 0 radical (unpaired) electrons. The van der Waals surface area contributed by atoms with Crippen molar-refractivity contribution in [3.63, 3.8) is 0 Å². The zero-order valence-electron chi connectivity index (χ0n) is 12.6. The van der Waals surface area contributed by atoms with Crippen LogP contribution in [0.4, 0.5) is 5.82 Å². The van der Waals surface area contributed by atoms with Crippen LogP contribution in [0.3, 0.4) is 0 Å². The molecule has 0 aliphatic carbocycles. The topological polar surface area (TPSA) is 28.6 Å². The van der Waals surface area contributed by atoms with Gasteiger partial charge in [-0.1, -0.05) is 13.0 Å². The highest BCUT2D eigenvalue weighted by atomic mass is 16.5. The quantitative estimate of drug-likeness (QED) is 0.842. The molecule has 1 atom stereocenters. The van der Waals surface area contributed by atoms with Gasteiger partial charge < -0.3 is 14.5 Å². The Bertz CT molecular complexity index is 449. The van der Waals surface area contributed by atoms with Gasteiger partial charge in [0.25, 0.3) is 0 Å². The fraction of sp³-hybridized carbons (Fsp3) is 0.688. The molecule has 0 bridgehead atoms. The zero-order valence-corrected chi connectivity index (χ0v) is 12.6. The number of likely N-dealkylation sites (N-methyl/N-ethyl adjacent to an activating group) is 1. The van der Waals surface area contributed by atoms with Crippen molar-refractivity contribution >= 4 is 5.82 Å². The number of hydrogen-bond acceptors (Lipinski definition) is 4. The van der Waals surface area contributed by atoms with Crippen molar-refractivity contribution in [2.24, 2.45) is 0 Å². The molecular formula is C16H25N3O. The first kappa shape index (κ1) is 13.8. The monoisotopic (exact) mass is 275 g/mol. The first-order valence-electron chi connectivity index (χ1n) is 7.79. The zero-order chi connectivity index (χ0) is 13.9. The summed E-state index contributed by atoms with van der Waals surface area (Å²) in [4.78, 5) is 9.79. The van der Waals surface area contributed by atoms with Crippen molar-refractivity contribution in [2.75, 3.05) is 51.3 Å². The van der Waals surface area contributed by atoms with E-state index in [1.54, 1.807) is 0 Å². The van der Waals surface area contributed by atoms with E-state index in [1.807, 2.05) is 0 Å². The van der Waals surface area contributed by atoms with E-state index in [4.69, 9.17) is 9.72 Å². The van der Waals surface area contributed by atoms with Crippen LogP contribution in [0.1, 0.15) is 30.5 Å². The maximum Gasteiger partial charge on any atom is 0.132 e. The van der Waals surface area contributed by atoms with Crippen LogP contribution in [0.15, 0.2) is 12.1 Å². The molecule has 3 rings (SSSR count). The predicted octanol–water partition coefficient (Wildman–Crippen LogP) is 1.90. The normalized spacial score (nSPS) is 24.3. The molecule has 0 unspecified atom stereocenters. The van der Waals surface area contributed by atoms with Gasteiger partial charge in [-0.2, -0.15) is 0 Å². The lowest BCUT2D eigenvalue weighted by molar-refractivity contribution is 0.194. The Morgan fingerprint density at radius 1 is 1.25 bits per heavy atom. The largest absolute Gasteiger partial charge is 0.381 e. The molecule has 0 amide bonds. The molecule has 4 heteroatoms. The fourth-order valence-electron chi connectivity index (χ4n) is 3.07. The minimum Gasteiger partial charge on any atom is -0.381 e. The minimum atomic E-state index is 0.531. The summed E-state index contributed by atoms with van der Waals surface area (Å²) in [7, 11) is 2.19. The number of anilines is 1. The maximum absolute atomic E-state index is 5.57. The molecule has 1 aromatic heterocycles. The van der Waals surface area contributed by atoms with Gasteiger partial charge in [0.2, 0.25) is 0 Å². The van der Waals surface area contributed by atoms with Crippen LogP contribution in [-0.2, 0) is 11.2 Å². The molecule has 2 aliphatic rings. The third-order valence-corrected chi connectivity index (χ3v) is 4.50. The third-order valence-electron chi connectivity index (χ3n) is 4.50. The molecule has 3 heterocycles. The van der Waals surface area contributed by atoms with Gasteiger partial charge in [0, 0.05) is 50.0 Å². The highest BCUT2D eigenvalue weighted by molar-refractivity contribution is 5.50. The van der Waals surface area contributed by atoms with E-state index in [0.717, 1.165) is 52.2 Å². The van der Waals surface area contributed by atoms with E-state index in [1.165, 1.54) is 17.1 Å². The molecule has 2 fully saturated rings.